The molecule has 28 heavy (non-hydrogen) atoms. The quantitative estimate of drug-likeness (QED) is 0.784. The lowest BCUT2D eigenvalue weighted by atomic mass is 10.1. The van der Waals surface area contributed by atoms with E-state index in [-0.39, 0.29) is 35.8 Å². The van der Waals surface area contributed by atoms with Crippen molar-refractivity contribution in [2.24, 2.45) is 0 Å². The molecule has 0 saturated carbocycles. The highest BCUT2D eigenvalue weighted by atomic mass is 19.4. The Labute approximate surface area is 160 Å². The van der Waals surface area contributed by atoms with E-state index in [1.165, 1.54) is 16.9 Å². The Morgan fingerprint density at radius 2 is 1.82 bits per heavy atom. The first-order chi connectivity index (χ1) is 13.0. The predicted molar refractivity (Wildman–Crippen MR) is 96.1 cm³/mol. The van der Waals surface area contributed by atoms with E-state index in [9.17, 15) is 22.8 Å². The summed E-state index contributed by atoms with van der Waals surface area (Å²) in [6.45, 7) is 7.05. The fourth-order valence-corrected chi connectivity index (χ4v) is 2.58. The first kappa shape index (κ1) is 21.4. The number of rotatable bonds is 6. The van der Waals surface area contributed by atoms with Crippen molar-refractivity contribution >= 4 is 11.8 Å². The molecule has 152 valence electrons. The second kappa shape index (κ2) is 8.41. The predicted octanol–water partition coefficient (Wildman–Crippen LogP) is 2.66. The van der Waals surface area contributed by atoms with Crippen LogP contribution in [0.2, 0.25) is 0 Å². The van der Waals surface area contributed by atoms with E-state index in [0.29, 0.717) is 5.69 Å². The van der Waals surface area contributed by atoms with E-state index >= 15 is 0 Å². The van der Waals surface area contributed by atoms with Gasteiger partial charge in [-0.3, -0.25) is 9.59 Å². The van der Waals surface area contributed by atoms with Gasteiger partial charge in [0.1, 0.15) is 0 Å². The van der Waals surface area contributed by atoms with Gasteiger partial charge in [0, 0.05) is 12.2 Å². The van der Waals surface area contributed by atoms with Gasteiger partial charge in [-0.05, 0) is 31.9 Å². The molecule has 10 heteroatoms. The average Bonchev–Trinajstić information content (AvgIpc) is 3.04. The van der Waals surface area contributed by atoms with Crippen LogP contribution in [0.15, 0.2) is 24.5 Å². The number of carbonyl (C=O) groups excluding carboxylic acids is 2. The Kier molecular flexibility index (Phi) is 6.42. The van der Waals surface area contributed by atoms with Gasteiger partial charge in [-0.25, -0.2) is 9.67 Å². The SMILES string of the molecule is CC(C)NC(=O)CNC(=O)c1cnn(-c2ccc(C(F)(F)F)cn2)c1C(C)C. The van der Waals surface area contributed by atoms with Crippen LogP contribution in [0.25, 0.3) is 5.82 Å². The molecule has 7 nitrogen and oxygen atoms in total. The van der Waals surface area contributed by atoms with Crippen molar-refractivity contribution in [2.45, 2.75) is 45.8 Å². The van der Waals surface area contributed by atoms with Gasteiger partial charge in [-0.2, -0.15) is 18.3 Å². The average molecular weight is 397 g/mol. The van der Waals surface area contributed by atoms with Crippen molar-refractivity contribution < 1.29 is 22.8 Å². The number of alkyl halides is 3. The maximum absolute atomic E-state index is 12.7. The Hall–Kier alpha value is -2.91. The van der Waals surface area contributed by atoms with Gasteiger partial charge in [-0.1, -0.05) is 13.8 Å². The highest BCUT2D eigenvalue weighted by molar-refractivity contribution is 5.97. The molecule has 2 N–H and O–H groups in total. The summed E-state index contributed by atoms with van der Waals surface area (Å²) in [5.74, 6) is -0.836. The summed E-state index contributed by atoms with van der Waals surface area (Å²) in [6.07, 6.45) is -2.46. The summed E-state index contributed by atoms with van der Waals surface area (Å²) in [5, 5.41) is 9.29. The number of nitrogens with one attached hydrogen (secondary N) is 2. The van der Waals surface area contributed by atoms with Crippen molar-refractivity contribution in [1.29, 1.82) is 0 Å². The van der Waals surface area contributed by atoms with Crippen LogP contribution in [0.3, 0.4) is 0 Å². The maximum Gasteiger partial charge on any atom is 0.417 e. The standard InChI is InChI=1S/C18H22F3N5O2/c1-10(2)16-13(17(28)23-9-15(27)25-11(3)4)8-24-26(16)14-6-5-12(7-22-14)18(19,20)21/h5-8,10-11H,9H2,1-4H3,(H,23,28)(H,25,27). The second-order valence-electron chi connectivity index (χ2n) is 6.82. The van der Waals surface area contributed by atoms with Gasteiger partial charge < -0.3 is 10.6 Å². The first-order valence-corrected chi connectivity index (χ1v) is 8.69. The fourth-order valence-electron chi connectivity index (χ4n) is 2.58. The van der Waals surface area contributed by atoms with Crippen LogP contribution in [0.5, 0.6) is 0 Å². The normalized spacial score (nSPS) is 11.8. The van der Waals surface area contributed by atoms with Crippen LogP contribution in [-0.4, -0.2) is 39.2 Å². The minimum atomic E-state index is -4.49. The third-order valence-corrected chi connectivity index (χ3v) is 3.75. The zero-order chi connectivity index (χ0) is 21.1. The van der Waals surface area contributed by atoms with E-state index in [1.54, 1.807) is 13.8 Å². The first-order valence-electron chi connectivity index (χ1n) is 8.69. The van der Waals surface area contributed by atoms with Crippen LogP contribution in [-0.2, 0) is 11.0 Å². The Morgan fingerprint density at radius 3 is 2.32 bits per heavy atom. The van der Waals surface area contributed by atoms with Gasteiger partial charge in [0.25, 0.3) is 5.91 Å². The zero-order valence-corrected chi connectivity index (χ0v) is 16.0. The Balaban J connectivity index is 2.26. The molecular formula is C18H22F3N5O2. The Morgan fingerprint density at radius 1 is 1.14 bits per heavy atom. The van der Waals surface area contributed by atoms with Crippen molar-refractivity contribution in [2.75, 3.05) is 6.54 Å². The molecule has 0 aliphatic carbocycles. The molecule has 2 rings (SSSR count). The van der Waals surface area contributed by atoms with E-state index in [1.807, 2.05) is 13.8 Å². The molecule has 0 aliphatic heterocycles. The third kappa shape index (κ3) is 5.08. The second-order valence-corrected chi connectivity index (χ2v) is 6.82. The van der Waals surface area contributed by atoms with E-state index < -0.39 is 17.6 Å². The third-order valence-electron chi connectivity index (χ3n) is 3.75. The molecule has 2 amide bonds. The van der Waals surface area contributed by atoms with E-state index in [4.69, 9.17) is 0 Å². The number of nitrogens with zero attached hydrogens (tertiary/aromatic N) is 3. The van der Waals surface area contributed by atoms with E-state index in [2.05, 4.69) is 20.7 Å². The van der Waals surface area contributed by atoms with Crippen molar-refractivity contribution in [3.8, 4) is 5.82 Å². The fraction of sp³-hybridized carbons (Fsp3) is 0.444. The Bertz CT molecular complexity index is 842. The number of amides is 2. The maximum atomic E-state index is 12.7. The molecule has 0 aromatic carbocycles. The van der Waals surface area contributed by atoms with Gasteiger partial charge in [0.05, 0.1) is 29.6 Å². The van der Waals surface area contributed by atoms with Gasteiger partial charge in [0.2, 0.25) is 5.91 Å². The molecule has 0 spiro atoms. The highest BCUT2D eigenvalue weighted by Gasteiger charge is 2.31. The summed E-state index contributed by atoms with van der Waals surface area (Å²) in [7, 11) is 0. The van der Waals surface area contributed by atoms with Crippen molar-refractivity contribution in [1.82, 2.24) is 25.4 Å². The number of carbonyl (C=O) groups is 2. The molecule has 0 bridgehead atoms. The number of halogens is 3. The van der Waals surface area contributed by atoms with Gasteiger partial charge in [0.15, 0.2) is 5.82 Å². The van der Waals surface area contributed by atoms with Crippen LogP contribution in [0.1, 0.15) is 55.2 Å². The van der Waals surface area contributed by atoms with Gasteiger partial charge in [-0.15, -0.1) is 0 Å². The minimum Gasteiger partial charge on any atom is -0.352 e. The summed E-state index contributed by atoms with van der Waals surface area (Å²) in [6, 6.07) is 2.05. The largest absolute Gasteiger partial charge is 0.417 e. The van der Waals surface area contributed by atoms with Crippen LogP contribution in [0.4, 0.5) is 13.2 Å². The smallest absolute Gasteiger partial charge is 0.352 e. The highest BCUT2D eigenvalue weighted by Crippen LogP contribution is 2.29. The van der Waals surface area contributed by atoms with Crippen LogP contribution in [0, 0.1) is 0 Å². The zero-order valence-electron chi connectivity index (χ0n) is 16.0. The minimum absolute atomic E-state index is 0.0517. The monoisotopic (exact) mass is 397 g/mol. The van der Waals surface area contributed by atoms with Gasteiger partial charge >= 0.3 is 6.18 Å². The molecule has 2 aromatic rings. The summed E-state index contributed by atoms with van der Waals surface area (Å²) in [5.41, 5.74) is -0.160. The summed E-state index contributed by atoms with van der Waals surface area (Å²) >= 11 is 0. The lowest BCUT2D eigenvalue weighted by molar-refractivity contribution is -0.137. The molecule has 0 radical (unpaired) electrons. The van der Waals surface area contributed by atoms with Crippen molar-refractivity contribution in [3.05, 3.63) is 41.3 Å². The number of pyridine rings is 1. The van der Waals surface area contributed by atoms with E-state index in [0.717, 1.165) is 12.3 Å². The molecule has 0 unspecified atom stereocenters. The molecule has 0 atom stereocenters. The lowest BCUT2D eigenvalue weighted by Crippen LogP contribution is -2.40. The van der Waals surface area contributed by atoms with Crippen LogP contribution < -0.4 is 10.6 Å². The molecule has 0 aliphatic rings. The number of hydrogen-bond donors (Lipinski definition) is 2. The molecule has 0 fully saturated rings. The summed E-state index contributed by atoms with van der Waals surface area (Å²) in [4.78, 5) is 28.0. The van der Waals surface area contributed by atoms with Crippen molar-refractivity contribution in [3.63, 3.8) is 0 Å². The molecule has 2 heterocycles. The topological polar surface area (TPSA) is 88.9 Å². The lowest BCUT2D eigenvalue weighted by Gasteiger charge is -2.13. The molecule has 2 aromatic heterocycles. The molecular weight excluding hydrogens is 375 g/mol. The number of hydrogen-bond acceptors (Lipinski definition) is 4. The molecule has 0 saturated heterocycles. The number of aromatic nitrogens is 3. The summed E-state index contributed by atoms with van der Waals surface area (Å²) < 4.78 is 39.5. The van der Waals surface area contributed by atoms with Crippen LogP contribution >= 0.6 is 0 Å².